The number of nitrogens with one attached hydrogen (secondary N) is 2. The number of fused-ring (bicyclic) bond motifs is 2. The summed E-state index contributed by atoms with van der Waals surface area (Å²) >= 11 is 1.12. The number of rotatable bonds is 5. The first-order valence-electron chi connectivity index (χ1n) is 9.71. The van der Waals surface area contributed by atoms with Crippen molar-refractivity contribution in [2.24, 2.45) is 0 Å². The molecule has 0 bridgehead atoms. The van der Waals surface area contributed by atoms with Crippen LogP contribution in [0.2, 0.25) is 0 Å². The van der Waals surface area contributed by atoms with Gasteiger partial charge in [-0.25, -0.2) is 14.3 Å². The number of nitrogens with zero attached hydrogens (tertiary/aromatic N) is 2. The maximum absolute atomic E-state index is 12.7. The summed E-state index contributed by atoms with van der Waals surface area (Å²) < 4.78 is 6.89. The van der Waals surface area contributed by atoms with Gasteiger partial charge in [0.15, 0.2) is 5.58 Å². The molecule has 0 unspecified atom stereocenters. The molecule has 5 rings (SSSR count). The zero-order valence-electron chi connectivity index (χ0n) is 16.6. The van der Waals surface area contributed by atoms with Gasteiger partial charge in [-0.05, 0) is 23.6 Å². The smallest absolute Gasteiger partial charge is 0.334 e. The highest BCUT2D eigenvalue weighted by molar-refractivity contribution is 7.99. The summed E-state index contributed by atoms with van der Waals surface area (Å²) in [4.78, 5) is 43.9. The number of thioether (sulfide) groups is 1. The molecule has 1 amide bonds. The monoisotopic (exact) mass is 444 g/mol. The zero-order chi connectivity index (χ0) is 22.1. The highest BCUT2D eigenvalue weighted by atomic mass is 32.2. The molecule has 3 aromatic carbocycles. The molecule has 0 saturated carbocycles. The van der Waals surface area contributed by atoms with Crippen LogP contribution >= 0.6 is 11.8 Å². The first kappa shape index (κ1) is 19.8. The minimum atomic E-state index is -0.643. The van der Waals surface area contributed by atoms with Crippen molar-refractivity contribution < 1.29 is 9.21 Å². The van der Waals surface area contributed by atoms with Gasteiger partial charge in [0.1, 0.15) is 11.3 Å². The standard InChI is InChI=1S/C23H16N4O4S/c28-20-12-19(25-21(29)13-32-23-24-16-9-3-4-11-18(16)31-23)27(22(30)26-20)17-10-5-7-14-6-1-2-8-15(14)17/h1-12H,13H2,(H,25,29)(H,26,28,30). The molecule has 0 radical (unpaired) electrons. The van der Waals surface area contributed by atoms with Crippen LogP contribution in [0.3, 0.4) is 0 Å². The fourth-order valence-corrected chi connectivity index (χ4v) is 4.09. The molecule has 0 atom stereocenters. The van der Waals surface area contributed by atoms with Gasteiger partial charge in [-0.2, -0.15) is 0 Å². The van der Waals surface area contributed by atoms with Crippen molar-refractivity contribution >= 4 is 45.4 Å². The quantitative estimate of drug-likeness (QED) is 0.401. The molecule has 2 N–H and O–H groups in total. The molecule has 8 nitrogen and oxygen atoms in total. The van der Waals surface area contributed by atoms with Crippen LogP contribution in [-0.2, 0) is 4.79 Å². The molecule has 0 aliphatic rings. The average Bonchev–Trinajstić information content (AvgIpc) is 3.20. The number of oxazole rings is 1. The number of benzene rings is 3. The summed E-state index contributed by atoms with van der Waals surface area (Å²) in [6.07, 6.45) is 0. The Kier molecular flexibility index (Phi) is 5.08. The van der Waals surface area contributed by atoms with Gasteiger partial charge in [-0.1, -0.05) is 60.3 Å². The molecule has 32 heavy (non-hydrogen) atoms. The predicted octanol–water partition coefficient (Wildman–Crippen LogP) is 3.55. The minimum absolute atomic E-state index is 0.0106. The maximum Gasteiger partial charge on any atom is 0.334 e. The average molecular weight is 444 g/mol. The second kappa shape index (κ2) is 8.20. The van der Waals surface area contributed by atoms with Crippen LogP contribution in [0.1, 0.15) is 0 Å². The van der Waals surface area contributed by atoms with Crippen molar-refractivity contribution in [2.45, 2.75) is 5.22 Å². The molecule has 0 spiro atoms. The molecule has 2 heterocycles. The second-order valence-electron chi connectivity index (χ2n) is 6.94. The summed E-state index contributed by atoms with van der Waals surface area (Å²) in [5, 5.41) is 4.76. The normalized spacial score (nSPS) is 11.1. The lowest BCUT2D eigenvalue weighted by molar-refractivity contribution is -0.113. The molecule has 9 heteroatoms. The Hall–Kier alpha value is -4.11. The van der Waals surface area contributed by atoms with Crippen LogP contribution in [-0.4, -0.2) is 26.2 Å². The maximum atomic E-state index is 12.7. The molecule has 0 fully saturated rings. The minimum Gasteiger partial charge on any atom is -0.431 e. The molecule has 0 saturated heterocycles. The fourth-order valence-electron chi connectivity index (χ4n) is 3.45. The van der Waals surface area contributed by atoms with Crippen molar-refractivity contribution in [3.8, 4) is 5.69 Å². The van der Waals surface area contributed by atoms with E-state index in [1.807, 2.05) is 54.6 Å². The predicted molar refractivity (Wildman–Crippen MR) is 124 cm³/mol. The van der Waals surface area contributed by atoms with Crippen LogP contribution in [0.15, 0.2) is 92.0 Å². The van der Waals surface area contributed by atoms with Crippen molar-refractivity contribution in [1.82, 2.24) is 14.5 Å². The van der Waals surface area contributed by atoms with E-state index in [1.165, 1.54) is 10.6 Å². The molecular formula is C23H16N4O4S. The van der Waals surface area contributed by atoms with Gasteiger partial charge in [0.25, 0.3) is 10.8 Å². The van der Waals surface area contributed by atoms with E-state index in [2.05, 4.69) is 15.3 Å². The number of carbonyl (C=O) groups excluding carboxylic acids is 1. The third kappa shape index (κ3) is 3.81. The lowest BCUT2D eigenvalue weighted by Gasteiger charge is -2.14. The number of hydrogen-bond donors (Lipinski definition) is 2. The van der Waals surface area contributed by atoms with Crippen molar-refractivity contribution in [1.29, 1.82) is 0 Å². The molecule has 2 aromatic heterocycles. The van der Waals surface area contributed by atoms with Gasteiger partial charge in [0, 0.05) is 11.5 Å². The van der Waals surface area contributed by atoms with E-state index in [-0.39, 0.29) is 11.6 Å². The van der Waals surface area contributed by atoms with E-state index in [0.717, 1.165) is 22.5 Å². The molecular weight excluding hydrogens is 428 g/mol. The summed E-state index contributed by atoms with van der Waals surface area (Å²) in [6, 6.07) is 21.5. The summed E-state index contributed by atoms with van der Waals surface area (Å²) in [7, 11) is 0. The fraction of sp³-hybridized carbons (Fsp3) is 0.0435. The molecule has 0 aliphatic heterocycles. The Bertz CT molecular complexity index is 1550. The van der Waals surface area contributed by atoms with E-state index in [4.69, 9.17) is 4.42 Å². The van der Waals surface area contributed by atoms with Crippen LogP contribution in [0.4, 0.5) is 5.82 Å². The third-order valence-corrected chi connectivity index (χ3v) is 5.65. The number of para-hydroxylation sites is 2. The lowest BCUT2D eigenvalue weighted by atomic mass is 10.1. The number of carbonyl (C=O) groups is 1. The molecule has 158 valence electrons. The van der Waals surface area contributed by atoms with Crippen molar-refractivity contribution in [3.05, 3.63) is 93.6 Å². The van der Waals surface area contributed by atoms with Crippen LogP contribution in [0.5, 0.6) is 0 Å². The van der Waals surface area contributed by atoms with Crippen LogP contribution < -0.4 is 16.6 Å². The van der Waals surface area contributed by atoms with Crippen LogP contribution in [0, 0.1) is 0 Å². The Morgan fingerprint density at radius 1 is 1.03 bits per heavy atom. The topological polar surface area (TPSA) is 110 Å². The van der Waals surface area contributed by atoms with Crippen molar-refractivity contribution in [3.63, 3.8) is 0 Å². The second-order valence-corrected chi connectivity index (χ2v) is 7.87. The van der Waals surface area contributed by atoms with Crippen LogP contribution in [0.25, 0.3) is 27.6 Å². The SMILES string of the molecule is O=C(CSc1nc2ccccc2o1)Nc1cc(=O)[nH]c(=O)n1-c1cccc2ccccc12. The first-order valence-corrected chi connectivity index (χ1v) is 10.7. The van der Waals surface area contributed by atoms with E-state index in [9.17, 15) is 14.4 Å². The van der Waals surface area contributed by atoms with Gasteiger partial charge in [0.2, 0.25) is 5.91 Å². The zero-order valence-corrected chi connectivity index (χ0v) is 17.4. The lowest BCUT2D eigenvalue weighted by Crippen LogP contribution is -2.32. The molecule has 5 aromatic rings. The molecule has 0 aliphatic carbocycles. The van der Waals surface area contributed by atoms with Gasteiger partial charge in [-0.15, -0.1) is 0 Å². The Morgan fingerprint density at radius 3 is 2.69 bits per heavy atom. The van der Waals surface area contributed by atoms with E-state index in [0.29, 0.717) is 22.0 Å². The number of aromatic nitrogens is 3. The Balaban J connectivity index is 1.45. The Labute approximate surface area is 184 Å². The van der Waals surface area contributed by atoms with Gasteiger partial charge in [-0.3, -0.25) is 14.6 Å². The number of hydrogen-bond acceptors (Lipinski definition) is 6. The number of H-pyrrole nitrogens is 1. The highest BCUT2D eigenvalue weighted by Gasteiger charge is 2.15. The summed E-state index contributed by atoms with van der Waals surface area (Å²) in [5.74, 6) is -0.335. The van der Waals surface area contributed by atoms with E-state index < -0.39 is 17.2 Å². The largest absolute Gasteiger partial charge is 0.431 e. The van der Waals surface area contributed by atoms with E-state index >= 15 is 0 Å². The Morgan fingerprint density at radius 2 is 1.81 bits per heavy atom. The van der Waals surface area contributed by atoms with Gasteiger partial charge in [0.05, 0.1) is 11.4 Å². The highest BCUT2D eigenvalue weighted by Crippen LogP contribution is 2.25. The number of aromatic amines is 1. The van der Waals surface area contributed by atoms with Crippen molar-refractivity contribution in [2.75, 3.05) is 11.1 Å². The van der Waals surface area contributed by atoms with Gasteiger partial charge >= 0.3 is 5.69 Å². The third-order valence-electron chi connectivity index (χ3n) is 4.82. The first-order chi connectivity index (χ1) is 15.6. The summed E-state index contributed by atoms with van der Waals surface area (Å²) in [5.41, 5.74) is 0.639. The van der Waals surface area contributed by atoms with E-state index in [1.54, 1.807) is 12.1 Å². The van der Waals surface area contributed by atoms with Gasteiger partial charge < -0.3 is 9.73 Å². The number of anilines is 1. The summed E-state index contributed by atoms with van der Waals surface area (Å²) in [6.45, 7) is 0. The number of amides is 1.